The molecule has 2 aromatic carbocycles. The van der Waals surface area contributed by atoms with Crippen LogP contribution in [0.25, 0.3) is 11.0 Å². The first-order chi connectivity index (χ1) is 18.0. The Balaban J connectivity index is 1.19. The highest BCUT2D eigenvalue weighted by atomic mass is 35.5. The Kier molecular flexibility index (Phi) is 9.10. The highest BCUT2D eigenvalue weighted by Gasteiger charge is 2.25. The molecule has 0 spiro atoms. The summed E-state index contributed by atoms with van der Waals surface area (Å²) in [6.45, 7) is 9.81. The van der Waals surface area contributed by atoms with Crippen molar-refractivity contribution >= 4 is 22.6 Å². The molecule has 2 fully saturated rings. The van der Waals surface area contributed by atoms with E-state index in [1.54, 1.807) is 0 Å². The first-order valence-electron chi connectivity index (χ1n) is 14.6. The number of fused-ring (bicyclic) bond motifs is 1. The highest BCUT2D eigenvalue weighted by molar-refractivity contribution is 6.30. The second-order valence-electron chi connectivity index (χ2n) is 11.8. The Morgan fingerprint density at radius 2 is 1.78 bits per heavy atom. The molecule has 0 bridgehead atoms. The molecule has 4 nitrogen and oxygen atoms in total. The lowest BCUT2D eigenvalue weighted by atomic mass is 9.80. The fraction of sp³-hybridized carbons (Fsp3) is 0.594. The molecule has 0 amide bonds. The molecule has 1 aromatic heterocycles. The monoisotopic (exact) mass is 521 g/mol. The normalized spacial score (nSPS) is 20.4. The number of halogens is 1. The van der Waals surface area contributed by atoms with Gasteiger partial charge in [-0.2, -0.15) is 0 Å². The van der Waals surface area contributed by atoms with Gasteiger partial charge in [-0.3, -0.25) is 0 Å². The van der Waals surface area contributed by atoms with Gasteiger partial charge in [0.05, 0.1) is 11.0 Å². The zero-order valence-electron chi connectivity index (χ0n) is 22.8. The zero-order valence-corrected chi connectivity index (χ0v) is 23.6. The average Bonchev–Trinajstić information content (AvgIpc) is 3.27. The predicted octanol–water partition coefficient (Wildman–Crippen LogP) is 8.29. The molecule has 1 saturated heterocycles. The summed E-state index contributed by atoms with van der Waals surface area (Å²) in [7, 11) is 0. The molecule has 2 unspecified atom stereocenters. The number of likely N-dealkylation sites (tertiary alicyclic amines) is 1. The van der Waals surface area contributed by atoms with Crippen molar-refractivity contribution in [3.63, 3.8) is 0 Å². The molecule has 0 N–H and O–H groups in total. The van der Waals surface area contributed by atoms with E-state index in [-0.39, 0.29) is 0 Å². The van der Waals surface area contributed by atoms with Crippen LogP contribution in [-0.2, 0) is 13.2 Å². The molecule has 5 heteroatoms. The number of aromatic nitrogens is 2. The van der Waals surface area contributed by atoms with Crippen LogP contribution in [0.1, 0.15) is 76.1 Å². The van der Waals surface area contributed by atoms with Crippen LogP contribution in [-0.4, -0.2) is 34.1 Å². The van der Waals surface area contributed by atoms with E-state index in [9.17, 15) is 0 Å². The van der Waals surface area contributed by atoms with Crippen molar-refractivity contribution in [1.29, 1.82) is 0 Å². The summed E-state index contributed by atoms with van der Waals surface area (Å²) in [6, 6.07) is 14.1. The zero-order chi connectivity index (χ0) is 25.6. The lowest BCUT2D eigenvalue weighted by Gasteiger charge is -2.36. The Morgan fingerprint density at radius 3 is 2.59 bits per heavy atom. The standard InChI is InChI=1S/C32H44ClN3O/c1-24(21-35-18-7-11-27(22-35)20-26-9-4-3-5-10-26)17-19-36-30-12-6-8-25(2)32(30)34-31(36)23-37-29-15-13-28(33)14-16-29/h6,8,12-16,24,26-27H,3-5,7,9-11,17-23H2,1-2H3. The minimum absolute atomic E-state index is 0.457. The molecule has 200 valence electrons. The summed E-state index contributed by atoms with van der Waals surface area (Å²) >= 11 is 6.04. The quantitative estimate of drug-likeness (QED) is 0.269. The summed E-state index contributed by atoms with van der Waals surface area (Å²) in [6.07, 6.45) is 12.8. The topological polar surface area (TPSA) is 30.3 Å². The number of hydrogen-bond donors (Lipinski definition) is 0. The predicted molar refractivity (Wildman–Crippen MR) is 154 cm³/mol. The third-order valence-electron chi connectivity index (χ3n) is 8.65. The van der Waals surface area contributed by atoms with Crippen molar-refractivity contribution < 1.29 is 4.74 Å². The van der Waals surface area contributed by atoms with Gasteiger partial charge in [0.2, 0.25) is 0 Å². The highest BCUT2D eigenvalue weighted by Crippen LogP contribution is 2.32. The molecule has 1 saturated carbocycles. The number of aryl methyl sites for hydroxylation is 2. The van der Waals surface area contributed by atoms with Gasteiger partial charge < -0.3 is 14.2 Å². The first-order valence-corrected chi connectivity index (χ1v) is 15.0. The van der Waals surface area contributed by atoms with Crippen LogP contribution in [0, 0.1) is 24.7 Å². The molecular weight excluding hydrogens is 478 g/mol. The second-order valence-corrected chi connectivity index (χ2v) is 12.2. The van der Waals surface area contributed by atoms with Crippen molar-refractivity contribution in [2.45, 2.75) is 84.8 Å². The molecule has 2 heterocycles. The van der Waals surface area contributed by atoms with Crippen LogP contribution in [0.3, 0.4) is 0 Å². The number of hydrogen-bond acceptors (Lipinski definition) is 3. The lowest BCUT2D eigenvalue weighted by Crippen LogP contribution is -2.39. The first kappa shape index (κ1) is 26.6. The summed E-state index contributed by atoms with van der Waals surface area (Å²) in [5, 5.41) is 0.721. The molecule has 1 aliphatic carbocycles. The van der Waals surface area contributed by atoms with Crippen molar-refractivity contribution in [2.75, 3.05) is 19.6 Å². The van der Waals surface area contributed by atoms with E-state index in [2.05, 4.69) is 41.5 Å². The SMILES string of the molecule is Cc1cccc2c1nc(COc1ccc(Cl)cc1)n2CCC(C)CN1CCCC(CC2CCCCC2)C1. The average molecular weight is 522 g/mol. The second kappa shape index (κ2) is 12.7. The fourth-order valence-electron chi connectivity index (χ4n) is 6.66. The van der Waals surface area contributed by atoms with Gasteiger partial charge in [0.25, 0.3) is 0 Å². The number of para-hydroxylation sites is 1. The maximum absolute atomic E-state index is 6.11. The van der Waals surface area contributed by atoms with Crippen molar-refractivity contribution in [2.24, 2.45) is 17.8 Å². The van der Waals surface area contributed by atoms with Crippen LogP contribution in [0.2, 0.25) is 5.02 Å². The number of benzene rings is 2. The van der Waals surface area contributed by atoms with E-state index in [1.165, 1.54) is 82.1 Å². The maximum Gasteiger partial charge on any atom is 0.148 e. The lowest BCUT2D eigenvalue weighted by molar-refractivity contribution is 0.129. The molecule has 2 atom stereocenters. The number of ether oxygens (including phenoxy) is 1. The van der Waals surface area contributed by atoms with Gasteiger partial charge in [0.1, 0.15) is 18.2 Å². The third kappa shape index (κ3) is 7.09. The van der Waals surface area contributed by atoms with Crippen LogP contribution < -0.4 is 4.74 Å². The van der Waals surface area contributed by atoms with Crippen molar-refractivity contribution in [1.82, 2.24) is 14.5 Å². The third-order valence-corrected chi connectivity index (χ3v) is 8.90. The summed E-state index contributed by atoms with van der Waals surface area (Å²) in [5.74, 6) is 4.39. The molecular formula is C32H44ClN3O. The van der Waals surface area contributed by atoms with Gasteiger partial charge in [-0.15, -0.1) is 0 Å². The van der Waals surface area contributed by atoms with E-state index in [0.29, 0.717) is 12.5 Å². The molecule has 5 rings (SSSR count). The minimum Gasteiger partial charge on any atom is -0.486 e. The van der Waals surface area contributed by atoms with Crippen LogP contribution in [0.5, 0.6) is 5.75 Å². The van der Waals surface area contributed by atoms with Gasteiger partial charge in [-0.1, -0.05) is 62.8 Å². The Morgan fingerprint density at radius 1 is 1.00 bits per heavy atom. The van der Waals surface area contributed by atoms with Gasteiger partial charge in [0, 0.05) is 24.7 Å². The molecule has 3 aromatic rings. The van der Waals surface area contributed by atoms with E-state index in [0.717, 1.165) is 46.9 Å². The van der Waals surface area contributed by atoms with Crippen molar-refractivity contribution in [3.05, 3.63) is 58.9 Å². The largest absolute Gasteiger partial charge is 0.486 e. The van der Waals surface area contributed by atoms with Crippen LogP contribution >= 0.6 is 11.6 Å². The van der Waals surface area contributed by atoms with E-state index < -0.39 is 0 Å². The summed E-state index contributed by atoms with van der Waals surface area (Å²) < 4.78 is 8.50. The Labute approximate surface area is 228 Å². The summed E-state index contributed by atoms with van der Waals surface area (Å²) in [5.41, 5.74) is 3.52. The van der Waals surface area contributed by atoms with E-state index in [1.807, 2.05) is 24.3 Å². The van der Waals surface area contributed by atoms with Gasteiger partial charge >= 0.3 is 0 Å². The number of nitrogens with zero attached hydrogens (tertiary/aromatic N) is 3. The maximum atomic E-state index is 6.11. The van der Waals surface area contributed by atoms with Crippen LogP contribution in [0.4, 0.5) is 0 Å². The summed E-state index contributed by atoms with van der Waals surface area (Å²) in [4.78, 5) is 7.77. The van der Waals surface area contributed by atoms with Crippen molar-refractivity contribution in [3.8, 4) is 5.75 Å². The Hall–Kier alpha value is -2.04. The van der Waals surface area contributed by atoms with Gasteiger partial charge in [-0.25, -0.2) is 4.98 Å². The fourth-order valence-corrected chi connectivity index (χ4v) is 6.78. The molecule has 1 aliphatic heterocycles. The van der Waals surface area contributed by atoms with Gasteiger partial charge in [0.15, 0.2) is 0 Å². The van der Waals surface area contributed by atoms with Crippen LogP contribution in [0.15, 0.2) is 42.5 Å². The number of imidazole rings is 1. The molecule has 0 radical (unpaired) electrons. The molecule has 37 heavy (non-hydrogen) atoms. The molecule has 2 aliphatic rings. The number of rotatable bonds is 10. The van der Waals surface area contributed by atoms with E-state index >= 15 is 0 Å². The Bertz CT molecular complexity index is 1130. The van der Waals surface area contributed by atoms with E-state index in [4.69, 9.17) is 21.3 Å². The smallest absolute Gasteiger partial charge is 0.148 e. The van der Waals surface area contributed by atoms with Gasteiger partial charge in [-0.05, 0) is 92.8 Å². The number of piperidine rings is 1. The minimum atomic E-state index is 0.457.